The number of pyridine rings is 1. The van der Waals surface area contributed by atoms with E-state index < -0.39 is 6.10 Å². The predicted octanol–water partition coefficient (Wildman–Crippen LogP) is 1.24. The van der Waals surface area contributed by atoms with Gasteiger partial charge in [-0.05, 0) is 32.9 Å². The van der Waals surface area contributed by atoms with Crippen molar-refractivity contribution in [2.24, 2.45) is 0 Å². The van der Waals surface area contributed by atoms with Crippen molar-refractivity contribution in [2.75, 3.05) is 11.1 Å². The van der Waals surface area contributed by atoms with Crippen molar-refractivity contribution >= 4 is 11.5 Å². The van der Waals surface area contributed by atoms with E-state index in [4.69, 9.17) is 5.73 Å². The molecule has 1 aromatic heterocycles. The maximum absolute atomic E-state index is 9.49. The number of aliphatic hydroxyl groups excluding tert-OH is 1. The minimum absolute atomic E-state index is 0.377. The Bertz CT molecular complexity index is 293. The summed E-state index contributed by atoms with van der Waals surface area (Å²) in [5.41, 5.74) is 5.94. The molecule has 14 heavy (non-hydrogen) atoms. The molecule has 0 saturated heterocycles. The molecule has 78 valence electrons. The highest BCUT2D eigenvalue weighted by molar-refractivity contribution is 5.47. The molecule has 0 saturated carbocycles. The summed E-state index contributed by atoms with van der Waals surface area (Å²) in [6, 6.07) is 3.56. The molecule has 0 aromatic carbocycles. The molecule has 0 radical (unpaired) electrons. The number of hydrogen-bond acceptors (Lipinski definition) is 4. The molecule has 1 rings (SSSR count). The number of aliphatic hydroxyl groups is 1. The molecule has 0 fully saturated rings. The molecule has 1 atom stereocenters. The zero-order valence-electron chi connectivity index (χ0n) is 8.78. The predicted molar refractivity (Wildman–Crippen MR) is 58.0 cm³/mol. The van der Waals surface area contributed by atoms with E-state index in [0.29, 0.717) is 5.82 Å². The van der Waals surface area contributed by atoms with Gasteiger partial charge < -0.3 is 16.2 Å². The highest BCUT2D eigenvalue weighted by Crippen LogP contribution is 2.17. The number of hydrogen-bond donors (Lipinski definition) is 3. The first-order valence-corrected chi connectivity index (χ1v) is 4.59. The first-order chi connectivity index (χ1) is 6.42. The SMILES string of the molecule is CC(O)C(C)(C)Nc1ccc(N)nc1. The lowest BCUT2D eigenvalue weighted by Gasteiger charge is -2.30. The minimum atomic E-state index is -0.444. The Morgan fingerprint density at radius 3 is 2.57 bits per heavy atom. The largest absolute Gasteiger partial charge is 0.391 e. The number of nitrogens with zero attached hydrogens (tertiary/aromatic N) is 1. The van der Waals surface area contributed by atoms with E-state index in [1.807, 2.05) is 19.9 Å². The summed E-state index contributed by atoms with van der Waals surface area (Å²) < 4.78 is 0. The lowest BCUT2D eigenvalue weighted by molar-refractivity contribution is 0.133. The van der Waals surface area contributed by atoms with Gasteiger partial charge in [0.15, 0.2) is 0 Å². The van der Waals surface area contributed by atoms with Gasteiger partial charge in [-0.3, -0.25) is 0 Å². The van der Waals surface area contributed by atoms with Gasteiger partial charge in [-0.1, -0.05) is 0 Å². The maximum atomic E-state index is 9.49. The second-order valence-corrected chi connectivity index (χ2v) is 3.99. The highest BCUT2D eigenvalue weighted by Gasteiger charge is 2.23. The number of aromatic nitrogens is 1. The summed E-state index contributed by atoms with van der Waals surface area (Å²) in [6.07, 6.45) is 1.21. The summed E-state index contributed by atoms with van der Waals surface area (Å²) in [5.74, 6) is 0.491. The number of rotatable bonds is 3. The van der Waals surface area contributed by atoms with Crippen molar-refractivity contribution in [3.05, 3.63) is 18.3 Å². The molecule has 1 unspecified atom stereocenters. The van der Waals surface area contributed by atoms with Crippen LogP contribution in [-0.2, 0) is 0 Å². The third kappa shape index (κ3) is 2.60. The zero-order valence-corrected chi connectivity index (χ0v) is 8.78. The van der Waals surface area contributed by atoms with Crippen LogP contribution < -0.4 is 11.1 Å². The fraction of sp³-hybridized carbons (Fsp3) is 0.500. The third-order valence-electron chi connectivity index (χ3n) is 2.30. The van der Waals surface area contributed by atoms with Crippen LogP contribution in [0.1, 0.15) is 20.8 Å². The minimum Gasteiger partial charge on any atom is -0.391 e. The number of nitrogen functional groups attached to an aromatic ring is 1. The van der Waals surface area contributed by atoms with Crippen molar-refractivity contribution in [2.45, 2.75) is 32.4 Å². The van der Waals surface area contributed by atoms with Gasteiger partial charge in [-0.15, -0.1) is 0 Å². The molecular weight excluding hydrogens is 178 g/mol. The van der Waals surface area contributed by atoms with Gasteiger partial charge in [-0.25, -0.2) is 4.98 Å². The van der Waals surface area contributed by atoms with Crippen LogP contribution in [0.15, 0.2) is 18.3 Å². The summed E-state index contributed by atoms with van der Waals surface area (Å²) in [4.78, 5) is 3.96. The second kappa shape index (κ2) is 3.84. The van der Waals surface area contributed by atoms with Crippen LogP contribution in [0.4, 0.5) is 11.5 Å². The van der Waals surface area contributed by atoms with E-state index in [-0.39, 0.29) is 5.54 Å². The molecule has 0 bridgehead atoms. The monoisotopic (exact) mass is 195 g/mol. The molecule has 0 aliphatic carbocycles. The fourth-order valence-electron chi connectivity index (χ4n) is 0.956. The molecule has 1 heterocycles. The molecule has 4 nitrogen and oxygen atoms in total. The van der Waals surface area contributed by atoms with Crippen molar-refractivity contribution < 1.29 is 5.11 Å². The van der Waals surface area contributed by atoms with E-state index in [1.54, 1.807) is 19.2 Å². The molecule has 4 heteroatoms. The Morgan fingerprint density at radius 2 is 2.14 bits per heavy atom. The van der Waals surface area contributed by atoms with Gasteiger partial charge in [0.05, 0.1) is 23.5 Å². The molecule has 1 aromatic rings. The first-order valence-electron chi connectivity index (χ1n) is 4.59. The van der Waals surface area contributed by atoms with Crippen LogP contribution in [0.3, 0.4) is 0 Å². The lowest BCUT2D eigenvalue weighted by atomic mass is 9.98. The van der Waals surface area contributed by atoms with Crippen LogP contribution in [0.2, 0.25) is 0 Å². The average molecular weight is 195 g/mol. The fourth-order valence-corrected chi connectivity index (χ4v) is 0.956. The highest BCUT2D eigenvalue weighted by atomic mass is 16.3. The Labute approximate surface area is 84.2 Å². The molecule has 4 N–H and O–H groups in total. The van der Waals surface area contributed by atoms with Gasteiger partial charge in [0.1, 0.15) is 5.82 Å². The average Bonchev–Trinajstić information content (AvgIpc) is 2.08. The lowest BCUT2D eigenvalue weighted by Crippen LogP contribution is -2.41. The molecular formula is C10H17N3O. The smallest absolute Gasteiger partial charge is 0.123 e. The Morgan fingerprint density at radius 1 is 1.50 bits per heavy atom. The second-order valence-electron chi connectivity index (χ2n) is 3.99. The third-order valence-corrected chi connectivity index (χ3v) is 2.30. The van der Waals surface area contributed by atoms with Crippen LogP contribution in [0, 0.1) is 0 Å². The quantitative estimate of drug-likeness (QED) is 0.678. The van der Waals surface area contributed by atoms with Gasteiger partial charge >= 0.3 is 0 Å². The van der Waals surface area contributed by atoms with Crippen LogP contribution in [0.25, 0.3) is 0 Å². The van der Waals surface area contributed by atoms with Crippen molar-refractivity contribution in [1.82, 2.24) is 4.98 Å². The summed E-state index contributed by atoms with van der Waals surface area (Å²) in [6.45, 7) is 5.60. The topological polar surface area (TPSA) is 71.2 Å². The molecule has 0 aliphatic heterocycles. The van der Waals surface area contributed by atoms with Gasteiger partial charge in [-0.2, -0.15) is 0 Å². The van der Waals surface area contributed by atoms with Crippen molar-refractivity contribution in [3.63, 3.8) is 0 Å². The first kappa shape index (κ1) is 10.8. The van der Waals surface area contributed by atoms with E-state index >= 15 is 0 Å². The Kier molecular flexibility index (Phi) is 2.96. The number of nitrogens with two attached hydrogens (primary N) is 1. The molecule has 0 amide bonds. The van der Waals surface area contributed by atoms with Crippen LogP contribution >= 0.6 is 0 Å². The zero-order chi connectivity index (χ0) is 10.8. The molecule has 0 spiro atoms. The normalized spacial score (nSPS) is 13.7. The van der Waals surface area contributed by atoms with E-state index in [0.717, 1.165) is 5.69 Å². The van der Waals surface area contributed by atoms with Crippen LogP contribution in [0.5, 0.6) is 0 Å². The van der Waals surface area contributed by atoms with Gasteiger partial charge in [0.2, 0.25) is 0 Å². The maximum Gasteiger partial charge on any atom is 0.123 e. The van der Waals surface area contributed by atoms with Crippen molar-refractivity contribution in [1.29, 1.82) is 0 Å². The van der Waals surface area contributed by atoms with E-state index in [9.17, 15) is 5.11 Å². The number of anilines is 2. The standard InChI is InChI=1S/C10H17N3O/c1-7(14)10(2,3)13-8-4-5-9(11)12-6-8/h4-7,13-14H,1-3H3,(H2,11,12). The Hall–Kier alpha value is -1.29. The van der Waals surface area contributed by atoms with Crippen LogP contribution in [-0.4, -0.2) is 21.7 Å². The van der Waals surface area contributed by atoms with E-state index in [2.05, 4.69) is 10.3 Å². The Balaban J connectivity index is 2.74. The van der Waals surface area contributed by atoms with E-state index in [1.165, 1.54) is 0 Å². The van der Waals surface area contributed by atoms with Gasteiger partial charge in [0.25, 0.3) is 0 Å². The summed E-state index contributed by atoms with van der Waals surface area (Å²) in [7, 11) is 0. The number of nitrogens with one attached hydrogen (secondary N) is 1. The summed E-state index contributed by atoms with van der Waals surface area (Å²) >= 11 is 0. The van der Waals surface area contributed by atoms with Crippen molar-refractivity contribution in [3.8, 4) is 0 Å². The molecule has 0 aliphatic rings. The summed E-state index contributed by atoms with van der Waals surface area (Å²) in [5, 5.41) is 12.7. The van der Waals surface area contributed by atoms with Gasteiger partial charge in [0, 0.05) is 0 Å².